The lowest BCUT2D eigenvalue weighted by molar-refractivity contribution is -0.149. The van der Waals surface area contributed by atoms with Gasteiger partial charge in [-0.1, -0.05) is 27.2 Å². The predicted molar refractivity (Wildman–Crippen MR) is 79.9 cm³/mol. The lowest BCUT2D eigenvalue weighted by atomic mass is 9.63. The molecule has 0 amide bonds. The van der Waals surface area contributed by atoms with Gasteiger partial charge in [-0.25, -0.2) is 0 Å². The molecule has 2 saturated carbocycles. The first kappa shape index (κ1) is 14.2. The van der Waals surface area contributed by atoms with Crippen LogP contribution in [0.15, 0.2) is 11.8 Å². The van der Waals surface area contributed by atoms with E-state index in [1.54, 1.807) is 0 Å². The molecule has 0 aliphatic heterocycles. The molecule has 0 bridgehead atoms. The third-order valence-electron chi connectivity index (χ3n) is 6.50. The zero-order valence-electron chi connectivity index (χ0n) is 13.8. The monoisotopic (exact) mass is 276 g/mol. The van der Waals surface area contributed by atoms with Crippen LogP contribution in [0.1, 0.15) is 67.2 Å². The van der Waals surface area contributed by atoms with Crippen molar-refractivity contribution >= 4 is 5.97 Å². The number of esters is 1. The molecule has 0 unspecified atom stereocenters. The van der Waals surface area contributed by atoms with E-state index in [0.29, 0.717) is 22.2 Å². The lowest BCUT2D eigenvalue weighted by Gasteiger charge is -2.41. The number of hydrogen-bond donors (Lipinski definition) is 0. The first-order valence-corrected chi connectivity index (χ1v) is 7.99. The number of ether oxygens (including phenoxy) is 1. The summed E-state index contributed by atoms with van der Waals surface area (Å²) in [6.45, 7) is 13.0. The molecule has 20 heavy (non-hydrogen) atoms. The smallest absolute Gasteiger partial charge is 0.316 e. The molecular formula is C18H28O2. The molecule has 3 aliphatic carbocycles. The molecular weight excluding hydrogens is 248 g/mol. The average Bonchev–Trinajstić information content (AvgIpc) is 2.64. The van der Waals surface area contributed by atoms with Crippen molar-refractivity contribution < 1.29 is 9.53 Å². The van der Waals surface area contributed by atoms with Crippen LogP contribution in [-0.2, 0) is 9.53 Å². The molecule has 3 atom stereocenters. The Morgan fingerprint density at radius 1 is 1.25 bits per heavy atom. The highest BCUT2D eigenvalue weighted by Gasteiger charge is 2.82. The zero-order chi connectivity index (χ0) is 15.0. The van der Waals surface area contributed by atoms with Crippen molar-refractivity contribution in [1.29, 1.82) is 0 Å². The Labute approximate surface area is 123 Å². The summed E-state index contributed by atoms with van der Waals surface area (Å²) >= 11 is 0. The van der Waals surface area contributed by atoms with Crippen molar-refractivity contribution in [3.63, 3.8) is 0 Å². The Kier molecular flexibility index (Phi) is 2.62. The van der Waals surface area contributed by atoms with Crippen molar-refractivity contribution in [2.75, 3.05) is 0 Å². The second-order valence-electron chi connectivity index (χ2n) is 9.01. The summed E-state index contributed by atoms with van der Waals surface area (Å²) in [6.07, 6.45) is 7.18. The molecule has 1 spiro atoms. The van der Waals surface area contributed by atoms with Gasteiger partial charge < -0.3 is 4.74 Å². The normalized spacial score (nSPS) is 41.5. The van der Waals surface area contributed by atoms with Gasteiger partial charge in [-0.15, -0.1) is 0 Å². The minimum Gasteiger partial charge on any atom is -0.431 e. The maximum atomic E-state index is 12.2. The van der Waals surface area contributed by atoms with Crippen LogP contribution in [0, 0.1) is 27.6 Å². The van der Waals surface area contributed by atoms with Crippen molar-refractivity contribution in [3.05, 3.63) is 11.8 Å². The second-order valence-corrected chi connectivity index (χ2v) is 9.01. The summed E-state index contributed by atoms with van der Waals surface area (Å²) in [7, 11) is 0. The molecule has 0 radical (unpaired) electrons. The molecule has 0 heterocycles. The fourth-order valence-corrected chi connectivity index (χ4v) is 5.34. The molecule has 3 aliphatic rings. The van der Waals surface area contributed by atoms with Gasteiger partial charge in [0.05, 0.1) is 5.41 Å². The SMILES string of the molecule is CC(C)(C)C(=O)OC1=CC[C@]23[C@@H]1[C@@]2(C)CCCC3(C)C. The van der Waals surface area contributed by atoms with E-state index in [0.717, 1.165) is 12.2 Å². The largest absolute Gasteiger partial charge is 0.431 e. The van der Waals surface area contributed by atoms with Gasteiger partial charge in [-0.3, -0.25) is 4.79 Å². The first-order valence-electron chi connectivity index (χ1n) is 7.99. The molecule has 0 aromatic carbocycles. The maximum Gasteiger partial charge on any atom is 0.316 e. The van der Waals surface area contributed by atoms with E-state index in [1.807, 2.05) is 20.8 Å². The standard InChI is InChI=1S/C18H28O2/c1-15(2,3)14(19)20-12-8-11-18-13(12)17(18,6)10-7-9-16(18,4)5/h8,13H,7,9-11H2,1-6H3/t13-,17+,18+/m0/s1. The number of carbonyl (C=O) groups is 1. The van der Waals surface area contributed by atoms with E-state index in [2.05, 4.69) is 26.8 Å². The Morgan fingerprint density at radius 2 is 1.90 bits per heavy atom. The Morgan fingerprint density at radius 3 is 2.45 bits per heavy atom. The molecule has 2 heteroatoms. The molecule has 2 fully saturated rings. The highest BCUT2D eigenvalue weighted by molar-refractivity contribution is 5.76. The summed E-state index contributed by atoms with van der Waals surface area (Å²) in [5.74, 6) is 1.35. The number of hydrogen-bond acceptors (Lipinski definition) is 2. The molecule has 0 N–H and O–H groups in total. The summed E-state index contributed by atoms with van der Waals surface area (Å²) in [5, 5.41) is 0. The molecule has 112 valence electrons. The number of fused-ring (bicyclic) bond motifs is 1. The van der Waals surface area contributed by atoms with E-state index < -0.39 is 5.41 Å². The molecule has 0 saturated heterocycles. The van der Waals surface area contributed by atoms with E-state index in [1.165, 1.54) is 19.3 Å². The molecule has 0 aromatic rings. The fraction of sp³-hybridized carbons (Fsp3) is 0.833. The summed E-state index contributed by atoms with van der Waals surface area (Å²) < 4.78 is 5.80. The van der Waals surface area contributed by atoms with E-state index in [-0.39, 0.29) is 5.97 Å². The van der Waals surface area contributed by atoms with Gasteiger partial charge in [-0.2, -0.15) is 0 Å². The van der Waals surface area contributed by atoms with Crippen molar-refractivity contribution in [2.24, 2.45) is 27.6 Å². The van der Waals surface area contributed by atoms with E-state index in [4.69, 9.17) is 4.74 Å². The maximum absolute atomic E-state index is 12.2. The highest BCUT2D eigenvalue weighted by Crippen LogP contribution is 2.86. The summed E-state index contributed by atoms with van der Waals surface area (Å²) in [6, 6.07) is 0. The van der Waals surface area contributed by atoms with Gasteiger partial charge in [0.25, 0.3) is 0 Å². The van der Waals surface area contributed by atoms with Crippen LogP contribution in [0.3, 0.4) is 0 Å². The third-order valence-corrected chi connectivity index (χ3v) is 6.50. The van der Waals surface area contributed by atoms with Gasteiger partial charge in [0, 0.05) is 5.92 Å². The lowest BCUT2D eigenvalue weighted by Crippen LogP contribution is -2.33. The Bertz CT molecular complexity index is 494. The van der Waals surface area contributed by atoms with Crippen LogP contribution in [0.25, 0.3) is 0 Å². The van der Waals surface area contributed by atoms with Gasteiger partial charge >= 0.3 is 5.97 Å². The minimum absolute atomic E-state index is 0.0918. The van der Waals surface area contributed by atoms with Crippen molar-refractivity contribution in [3.8, 4) is 0 Å². The number of rotatable bonds is 1. The van der Waals surface area contributed by atoms with E-state index in [9.17, 15) is 4.79 Å². The zero-order valence-corrected chi connectivity index (χ0v) is 13.8. The molecule has 0 aromatic heterocycles. The summed E-state index contributed by atoms with van der Waals surface area (Å²) in [5.41, 5.74) is 0.646. The minimum atomic E-state index is -0.424. The van der Waals surface area contributed by atoms with Crippen LogP contribution in [-0.4, -0.2) is 5.97 Å². The Hall–Kier alpha value is -0.790. The Balaban J connectivity index is 1.85. The van der Waals surface area contributed by atoms with Crippen LogP contribution < -0.4 is 0 Å². The predicted octanol–water partition coefficient (Wildman–Crippen LogP) is 4.70. The summed E-state index contributed by atoms with van der Waals surface area (Å²) in [4.78, 5) is 12.2. The van der Waals surface area contributed by atoms with Crippen molar-refractivity contribution in [2.45, 2.75) is 67.2 Å². The first-order chi connectivity index (χ1) is 9.06. The van der Waals surface area contributed by atoms with Crippen molar-refractivity contribution in [1.82, 2.24) is 0 Å². The van der Waals surface area contributed by atoms with Crippen LogP contribution in [0.2, 0.25) is 0 Å². The van der Waals surface area contributed by atoms with E-state index >= 15 is 0 Å². The number of allylic oxidation sites excluding steroid dienone is 2. The van der Waals surface area contributed by atoms with Gasteiger partial charge in [0.2, 0.25) is 0 Å². The fourth-order valence-electron chi connectivity index (χ4n) is 5.34. The second kappa shape index (κ2) is 3.69. The molecule has 3 rings (SSSR count). The van der Waals surface area contributed by atoms with Gasteiger partial charge in [0.15, 0.2) is 0 Å². The topological polar surface area (TPSA) is 26.3 Å². The van der Waals surface area contributed by atoms with Gasteiger partial charge in [0.1, 0.15) is 5.76 Å². The van der Waals surface area contributed by atoms with Crippen LogP contribution >= 0.6 is 0 Å². The average molecular weight is 276 g/mol. The van der Waals surface area contributed by atoms with Crippen LogP contribution in [0.4, 0.5) is 0 Å². The quantitative estimate of drug-likeness (QED) is 0.649. The highest BCUT2D eigenvalue weighted by atomic mass is 16.5. The van der Waals surface area contributed by atoms with Crippen LogP contribution in [0.5, 0.6) is 0 Å². The van der Waals surface area contributed by atoms with Gasteiger partial charge in [-0.05, 0) is 62.4 Å². The third kappa shape index (κ3) is 1.48. The number of carbonyl (C=O) groups excluding carboxylic acids is 1. The molecule has 2 nitrogen and oxygen atoms in total.